The Kier molecular flexibility index (Phi) is 6.72. The van der Waals surface area contributed by atoms with E-state index in [0.717, 1.165) is 11.1 Å². The summed E-state index contributed by atoms with van der Waals surface area (Å²) in [5.41, 5.74) is 5.43. The first-order valence-electron chi connectivity index (χ1n) is 9.76. The van der Waals surface area contributed by atoms with E-state index in [1.165, 1.54) is 6.07 Å². The number of aromatic amines is 1. The van der Waals surface area contributed by atoms with Gasteiger partial charge in [0.15, 0.2) is 17.3 Å². The number of nitrogens with one attached hydrogen (secondary N) is 2. The van der Waals surface area contributed by atoms with Crippen molar-refractivity contribution in [1.82, 2.24) is 14.9 Å². The van der Waals surface area contributed by atoms with Crippen molar-refractivity contribution in [2.75, 3.05) is 12.5 Å². The minimum Gasteiger partial charge on any atom is -0.493 e. The summed E-state index contributed by atoms with van der Waals surface area (Å²) >= 11 is 11.4. The van der Waals surface area contributed by atoms with Crippen LogP contribution < -0.4 is 14.9 Å². The number of H-pyrrole nitrogens is 1. The Labute approximate surface area is 194 Å². The van der Waals surface area contributed by atoms with E-state index >= 15 is 0 Å². The predicted molar refractivity (Wildman–Crippen MR) is 125 cm³/mol. The standard InChI is InChI=1S/C23H20ClFN4O2S/c1-30-21-12-15(10-11-20(21)31-14-17-18(24)8-5-9-19(17)25)13-26-29-22(27-28-23(29)32)16-6-3-2-4-7-16/h2-12,26H,13-14H2,1H3,(H,28,32). The molecule has 0 saturated carbocycles. The molecule has 164 valence electrons. The molecule has 32 heavy (non-hydrogen) atoms. The molecule has 3 aromatic carbocycles. The fourth-order valence-corrected chi connectivity index (χ4v) is 3.57. The van der Waals surface area contributed by atoms with Crippen LogP contribution >= 0.6 is 23.8 Å². The lowest BCUT2D eigenvalue weighted by Crippen LogP contribution is -2.16. The smallest absolute Gasteiger partial charge is 0.214 e. The van der Waals surface area contributed by atoms with Crippen LogP contribution in [0.15, 0.2) is 66.7 Å². The van der Waals surface area contributed by atoms with Crippen LogP contribution in [0.3, 0.4) is 0 Å². The van der Waals surface area contributed by atoms with E-state index in [9.17, 15) is 4.39 Å². The van der Waals surface area contributed by atoms with Gasteiger partial charge < -0.3 is 14.9 Å². The number of halogens is 2. The van der Waals surface area contributed by atoms with Gasteiger partial charge in [0, 0.05) is 11.1 Å². The van der Waals surface area contributed by atoms with Crippen molar-refractivity contribution in [1.29, 1.82) is 0 Å². The lowest BCUT2D eigenvalue weighted by molar-refractivity contribution is 0.279. The number of hydrogen-bond acceptors (Lipinski definition) is 5. The molecule has 0 aliphatic rings. The van der Waals surface area contributed by atoms with Gasteiger partial charge in [0.25, 0.3) is 0 Å². The lowest BCUT2D eigenvalue weighted by Gasteiger charge is -2.14. The van der Waals surface area contributed by atoms with Gasteiger partial charge in [-0.3, -0.25) is 0 Å². The Morgan fingerprint density at radius 1 is 1.09 bits per heavy atom. The van der Waals surface area contributed by atoms with Crippen LogP contribution in [0, 0.1) is 10.6 Å². The third kappa shape index (κ3) is 4.76. The molecule has 0 aliphatic heterocycles. The number of benzene rings is 3. The van der Waals surface area contributed by atoms with Crippen molar-refractivity contribution in [2.24, 2.45) is 0 Å². The van der Waals surface area contributed by atoms with Gasteiger partial charge in [-0.15, -0.1) is 0 Å². The highest BCUT2D eigenvalue weighted by Gasteiger charge is 2.12. The maximum atomic E-state index is 14.0. The monoisotopic (exact) mass is 470 g/mol. The van der Waals surface area contributed by atoms with E-state index in [0.29, 0.717) is 39.2 Å². The summed E-state index contributed by atoms with van der Waals surface area (Å²) < 4.78 is 27.4. The molecule has 0 radical (unpaired) electrons. The van der Waals surface area contributed by atoms with E-state index in [-0.39, 0.29) is 6.61 Å². The van der Waals surface area contributed by atoms with Gasteiger partial charge in [0.2, 0.25) is 4.77 Å². The molecule has 0 bridgehead atoms. The van der Waals surface area contributed by atoms with Crippen molar-refractivity contribution < 1.29 is 13.9 Å². The molecule has 9 heteroatoms. The second-order valence-corrected chi connectivity index (χ2v) is 7.66. The average Bonchev–Trinajstić information content (AvgIpc) is 3.18. The van der Waals surface area contributed by atoms with Gasteiger partial charge in [-0.2, -0.15) is 5.10 Å². The lowest BCUT2D eigenvalue weighted by atomic mass is 10.2. The van der Waals surface area contributed by atoms with Crippen LogP contribution in [-0.4, -0.2) is 22.0 Å². The maximum absolute atomic E-state index is 14.0. The van der Waals surface area contributed by atoms with Crippen LogP contribution in [0.25, 0.3) is 11.4 Å². The number of rotatable bonds is 8. The first-order valence-corrected chi connectivity index (χ1v) is 10.5. The zero-order valence-electron chi connectivity index (χ0n) is 17.1. The molecule has 0 aliphatic carbocycles. The molecule has 2 N–H and O–H groups in total. The van der Waals surface area contributed by atoms with Crippen molar-refractivity contribution in [3.63, 3.8) is 0 Å². The first kappa shape index (κ1) is 21.9. The quantitative estimate of drug-likeness (QED) is 0.322. The van der Waals surface area contributed by atoms with Crippen LogP contribution in [0.2, 0.25) is 5.02 Å². The van der Waals surface area contributed by atoms with Crippen LogP contribution in [0.4, 0.5) is 4.39 Å². The van der Waals surface area contributed by atoms with E-state index in [2.05, 4.69) is 15.6 Å². The molecule has 0 fully saturated rings. The van der Waals surface area contributed by atoms with Crippen LogP contribution in [-0.2, 0) is 13.2 Å². The highest BCUT2D eigenvalue weighted by molar-refractivity contribution is 7.71. The topological polar surface area (TPSA) is 64.1 Å². The van der Waals surface area contributed by atoms with Gasteiger partial charge in [0.1, 0.15) is 12.4 Å². The molecular weight excluding hydrogens is 451 g/mol. The Morgan fingerprint density at radius 2 is 1.91 bits per heavy atom. The van der Waals surface area contributed by atoms with Crippen LogP contribution in [0.1, 0.15) is 11.1 Å². The van der Waals surface area contributed by atoms with E-state index < -0.39 is 5.82 Å². The predicted octanol–water partition coefficient (Wildman–Crippen LogP) is 5.73. The second kappa shape index (κ2) is 9.84. The Bertz CT molecular complexity index is 1260. The van der Waals surface area contributed by atoms with Gasteiger partial charge in [-0.1, -0.05) is 54.1 Å². The zero-order chi connectivity index (χ0) is 22.5. The Balaban J connectivity index is 1.48. The average molecular weight is 471 g/mol. The Morgan fingerprint density at radius 3 is 2.66 bits per heavy atom. The first-order chi connectivity index (χ1) is 15.6. The summed E-state index contributed by atoms with van der Waals surface area (Å²) in [6.45, 7) is 0.452. The summed E-state index contributed by atoms with van der Waals surface area (Å²) in [4.78, 5) is 0. The molecule has 0 atom stereocenters. The zero-order valence-corrected chi connectivity index (χ0v) is 18.7. The molecule has 1 aromatic heterocycles. The largest absolute Gasteiger partial charge is 0.493 e. The van der Waals surface area contributed by atoms with E-state index in [1.807, 2.05) is 42.5 Å². The number of hydrogen-bond donors (Lipinski definition) is 2. The number of methoxy groups -OCH3 is 1. The maximum Gasteiger partial charge on any atom is 0.214 e. The van der Waals surface area contributed by atoms with Gasteiger partial charge in [0.05, 0.1) is 18.7 Å². The van der Waals surface area contributed by atoms with Gasteiger partial charge in [-0.25, -0.2) is 14.2 Å². The molecule has 1 heterocycles. The minimum atomic E-state index is -0.414. The summed E-state index contributed by atoms with van der Waals surface area (Å²) in [6, 6.07) is 19.8. The molecular formula is C23H20ClFN4O2S. The third-order valence-electron chi connectivity index (χ3n) is 4.81. The molecule has 4 aromatic rings. The van der Waals surface area contributed by atoms with Crippen molar-refractivity contribution in [3.05, 3.63) is 93.5 Å². The number of ether oxygens (including phenoxy) is 2. The summed E-state index contributed by atoms with van der Waals surface area (Å²) in [6.07, 6.45) is 0. The SMILES string of the molecule is COc1cc(CNn2c(-c3ccccc3)n[nH]c2=S)ccc1OCc1c(F)cccc1Cl. The third-order valence-corrected chi connectivity index (χ3v) is 5.44. The normalized spacial score (nSPS) is 10.7. The van der Waals surface area contributed by atoms with E-state index in [1.54, 1.807) is 30.0 Å². The van der Waals surface area contributed by atoms with Crippen LogP contribution in [0.5, 0.6) is 11.5 Å². The number of aromatic nitrogens is 3. The minimum absolute atomic E-state index is 0.00984. The summed E-state index contributed by atoms with van der Waals surface area (Å²) in [5, 5.41) is 7.44. The summed E-state index contributed by atoms with van der Waals surface area (Å²) in [7, 11) is 1.55. The van der Waals surface area contributed by atoms with Gasteiger partial charge in [-0.05, 0) is 42.0 Å². The van der Waals surface area contributed by atoms with Crippen molar-refractivity contribution >= 4 is 23.8 Å². The van der Waals surface area contributed by atoms with E-state index in [4.69, 9.17) is 33.3 Å². The highest BCUT2D eigenvalue weighted by atomic mass is 35.5. The molecule has 4 rings (SSSR count). The molecule has 0 amide bonds. The summed E-state index contributed by atoms with van der Waals surface area (Å²) in [5.74, 6) is 1.28. The fraction of sp³-hybridized carbons (Fsp3) is 0.130. The van der Waals surface area contributed by atoms with Gasteiger partial charge >= 0.3 is 0 Å². The number of nitrogens with zero attached hydrogens (tertiary/aromatic N) is 2. The highest BCUT2D eigenvalue weighted by Crippen LogP contribution is 2.30. The van der Waals surface area contributed by atoms with Crippen molar-refractivity contribution in [2.45, 2.75) is 13.2 Å². The molecule has 0 spiro atoms. The fourth-order valence-electron chi connectivity index (χ4n) is 3.16. The second-order valence-electron chi connectivity index (χ2n) is 6.86. The van der Waals surface area contributed by atoms with Crippen molar-refractivity contribution in [3.8, 4) is 22.9 Å². The molecule has 6 nitrogen and oxygen atoms in total. The molecule has 0 saturated heterocycles. The Hall–Kier alpha value is -3.36. The molecule has 0 unspecified atom stereocenters.